The molecule has 1 aromatic rings. The van der Waals surface area contributed by atoms with Gasteiger partial charge in [-0.15, -0.1) is 0 Å². The van der Waals surface area contributed by atoms with Crippen LogP contribution < -0.4 is 0 Å². The summed E-state index contributed by atoms with van der Waals surface area (Å²) in [5.41, 5.74) is 1.19. The summed E-state index contributed by atoms with van der Waals surface area (Å²) in [4.78, 5) is 25.2. The number of carbonyl (C=O) groups excluding carboxylic acids is 2. The van der Waals surface area contributed by atoms with Crippen LogP contribution in [0.15, 0.2) is 17.7 Å². The van der Waals surface area contributed by atoms with E-state index >= 15 is 0 Å². The lowest BCUT2D eigenvalue weighted by molar-refractivity contribution is -0.112. The molecule has 3 unspecified atom stereocenters. The van der Waals surface area contributed by atoms with Gasteiger partial charge in [-0.05, 0) is 30.9 Å². The Labute approximate surface area is 133 Å². The van der Waals surface area contributed by atoms with E-state index in [-0.39, 0.29) is 5.92 Å². The standard InChI is InChI=1S/C18H18O5/c1-8-7-23-17-10-3-5-11-9(4-6-12(19)18(11,2)22)14(10)16(21)15(20)13(8)17/h3,5,8,12,19,22H,4,6-7H2,1-2H3. The summed E-state index contributed by atoms with van der Waals surface area (Å²) in [6, 6.07) is 3.45. The molecule has 0 fully saturated rings. The molecule has 3 atom stereocenters. The van der Waals surface area contributed by atoms with Crippen LogP contribution in [0.5, 0.6) is 0 Å². The molecule has 23 heavy (non-hydrogen) atoms. The molecule has 0 bridgehead atoms. The second kappa shape index (κ2) is 4.52. The summed E-state index contributed by atoms with van der Waals surface area (Å²) in [6.07, 6.45) is -0.0892. The van der Waals surface area contributed by atoms with Crippen LogP contribution in [0.25, 0.3) is 5.76 Å². The van der Waals surface area contributed by atoms with E-state index in [0.29, 0.717) is 53.0 Å². The van der Waals surface area contributed by atoms with Gasteiger partial charge >= 0.3 is 0 Å². The van der Waals surface area contributed by atoms with Crippen LogP contribution in [0.3, 0.4) is 0 Å². The van der Waals surface area contributed by atoms with Crippen molar-refractivity contribution in [3.8, 4) is 0 Å². The molecule has 5 heteroatoms. The lowest BCUT2D eigenvalue weighted by Gasteiger charge is -2.37. The Hall–Kier alpha value is -1.98. The lowest BCUT2D eigenvalue weighted by atomic mass is 9.72. The molecule has 3 aliphatic rings. The van der Waals surface area contributed by atoms with Crippen molar-refractivity contribution in [2.75, 3.05) is 6.61 Å². The van der Waals surface area contributed by atoms with Crippen LogP contribution in [-0.2, 0) is 21.6 Å². The third-order valence-electron chi connectivity index (χ3n) is 5.31. The first-order chi connectivity index (χ1) is 10.8. The Morgan fingerprint density at radius 3 is 2.74 bits per heavy atom. The maximum Gasteiger partial charge on any atom is 0.234 e. The molecule has 0 saturated carbocycles. The summed E-state index contributed by atoms with van der Waals surface area (Å²) in [5.74, 6) is -0.613. The van der Waals surface area contributed by atoms with Gasteiger partial charge in [-0.1, -0.05) is 19.1 Å². The van der Waals surface area contributed by atoms with Crippen LogP contribution in [0.2, 0.25) is 0 Å². The minimum atomic E-state index is -1.43. The molecule has 0 radical (unpaired) electrons. The van der Waals surface area contributed by atoms with Gasteiger partial charge in [0.05, 0.1) is 18.3 Å². The van der Waals surface area contributed by atoms with Gasteiger partial charge in [-0.25, -0.2) is 0 Å². The van der Waals surface area contributed by atoms with E-state index in [9.17, 15) is 19.8 Å². The molecule has 5 nitrogen and oxygen atoms in total. The van der Waals surface area contributed by atoms with Crippen molar-refractivity contribution < 1.29 is 24.5 Å². The van der Waals surface area contributed by atoms with Crippen molar-refractivity contribution in [2.24, 2.45) is 5.92 Å². The average Bonchev–Trinajstić information content (AvgIpc) is 2.90. The van der Waals surface area contributed by atoms with Gasteiger partial charge in [-0.3, -0.25) is 9.59 Å². The number of carbonyl (C=O) groups is 2. The zero-order chi connectivity index (χ0) is 16.5. The van der Waals surface area contributed by atoms with Crippen LogP contribution in [0.4, 0.5) is 0 Å². The second-order valence-electron chi connectivity index (χ2n) is 6.83. The molecular formula is C18H18O5. The normalized spacial score (nSPS) is 32.3. The third kappa shape index (κ3) is 1.75. The summed E-state index contributed by atoms with van der Waals surface area (Å²) < 4.78 is 5.67. The first kappa shape index (κ1) is 14.6. The largest absolute Gasteiger partial charge is 0.492 e. The molecule has 0 amide bonds. The van der Waals surface area contributed by atoms with Gasteiger partial charge in [-0.2, -0.15) is 0 Å². The molecule has 2 N–H and O–H groups in total. The number of fused-ring (bicyclic) bond motifs is 4. The van der Waals surface area contributed by atoms with E-state index in [2.05, 4.69) is 0 Å². The smallest absolute Gasteiger partial charge is 0.234 e. The van der Waals surface area contributed by atoms with Crippen molar-refractivity contribution in [3.63, 3.8) is 0 Å². The minimum Gasteiger partial charge on any atom is -0.492 e. The summed E-state index contributed by atoms with van der Waals surface area (Å²) in [5, 5.41) is 20.6. The van der Waals surface area contributed by atoms with Gasteiger partial charge in [0, 0.05) is 17.0 Å². The number of aliphatic hydroxyl groups is 2. The van der Waals surface area contributed by atoms with Crippen LogP contribution in [0, 0.1) is 5.92 Å². The first-order valence-corrected chi connectivity index (χ1v) is 7.87. The fourth-order valence-corrected chi connectivity index (χ4v) is 3.95. The molecule has 0 spiro atoms. The molecule has 4 rings (SSSR count). The fourth-order valence-electron chi connectivity index (χ4n) is 3.95. The van der Waals surface area contributed by atoms with Gasteiger partial charge < -0.3 is 14.9 Å². The van der Waals surface area contributed by atoms with Crippen LogP contribution >= 0.6 is 0 Å². The van der Waals surface area contributed by atoms with Gasteiger partial charge in [0.15, 0.2) is 0 Å². The fraction of sp³-hybridized carbons (Fsp3) is 0.444. The highest BCUT2D eigenvalue weighted by molar-refractivity contribution is 6.52. The number of hydrogen-bond acceptors (Lipinski definition) is 5. The topological polar surface area (TPSA) is 83.8 Å². The molecule has 1 aromatic carbocycles. The van der Waals surface area contributed by atoms with Crippen molar-refractivity contribution in [3.05, 3.63) is 40.0 Å². The summed E-state index contributed by atoms with van der Waals surface area (Å²) >= 11 is 0. The Morgan fingerprint density at radius 2 is 2.00 bits per heavy atom. The van der Waals surface area contributed by atoms with Crippen LogP contribution in [-0.4, -0.2) is 34.5 Å². The van der Waals surface area contributed by atoms with Gasteiger partial charge in [0.1, 0.15) is 11.4 Å². The first-order valence-electron chi connectivity index (χ1n) is 7.87. The minimum absolute atomic E-state index is 0.0874. The molecule has 1 heterocycles. The van der Waals surface area contributed by atoms with Crippen molar-refractivity contribution in [1.82, 2.24) is 0 Å². The Morgan fingerprint density at radius 1 is 1.26 bits per heavy atom. The number of rotatable bonds is 0. The Kier molecular flexibility index (Phi) is 2.87. The average molecular weight is 314 g/mol. The lowest BCUT2D eigenvalue weighted by Crippen LogP contribution is -2.42. The van der Waals surface area contributed by atoms with E-state index in [1.807, 2.05) is 6.92 Å². The summed E-state index contributed by atoms with van der Waals surface area (Å²) in [7, 11) is 0. The number of ether oxygens (including phenoxy) is 1. The number of benzene rings is 1. The predicted octanol–water partition coefficient (Wildman–Crippen LogP) is 1.34. The Balaban J connectivity index is 2.00. The number of hydrogen-bond donors (Lipinski definition) is 2. The predicted molar refractivity (Wildman–Crippen MR) is 81.7 cm³/mol. The van der Waals surface area contributed by atoms with Gasteiger partial charge in [0.25, 0.3) is 0 Å². The quantitative estimate of drug-likeness (QED) is 0.706. The van der Waals surface area contributed by atoms with E-state index in [1.165, 1.54) is 6.92 Å². The molecule has 120 valence electrons. The van der Waals surface area contributed by atoms with Crippen molar-refractivity contribution >= 4 is 17.3 Å². The van der Waals surface area contributed by atoms with E-state index in [0.717, 1.165) is 0 Å². The zero-order valence-corrected chi connectivity index (χ0v) is 13.0. The van der Waals surface area contributed by atoms with E-state index in [4.69, 9.17) is 4.74 Å². The maximum atomic E-state index is 12.7. The highest BCUT2D eigenvalue weighted by Gasteiger charge is 2.45. The molecular weight excluding hydrogens is 296 g/mol. The third-order valence-corrected chi connectivity index (χ3v) is 5.31. The van der Waals surface area contributed by atoms with Crippen molar-refractivity contribution in [1.29, 1.82) is 0 Å². The molecule has 2 aliphatic carbocycles. The number of aliphatic hydroxyl groups excluding tert-OH is 1. The summed E-state index contributed by atoms with van der Waals surface area (Å²) in [6.45, 7) is 3.81. The zero-order valence-electron chi connectivity index (χ0n) is 13.0. The number of Topliss-reactive ketones (excluding diaryl/α,β-unsaturated/α-hetero) is 2. The monoisotopic (exact) mass is 314 g/mol. The second-order valence-corrected chi connectivity index (χ2v) is 6.83. The maximum absolute atomic E-state index is 12.7. The molecule has 0 saturated heterocycles. The molecule has 0 aromatic heterocycles. The highest BCUT2D eigenvalue weighted by Crippen LogP contribution is 2.44. The van der Waals surface area contributed by atoms with Crippen LogP contribution in [0.1, 0.15) is 47.3 Å². The van der Waals surface area contributed by atoms with Crippen molar-refractivity contribution in [2.45, 2.75) is 38.4 Å². The highest BCUT2D eigenvalue weighted by atomic mass is 16.5. The SMILES string of the molecule is CC1COC2=C1C(=O)C(=O)c1c2ccc2c1CCC(O)C2(C)O. The number of ketones is 2. The molecule has 1 aliphatic heterocycles. The van der Waals surface area contributed by atoms with E-state index in [1.54, 1.807) is 12.1 Å². The van der Waals surface area contributed by atoms with E-state index < -0.39 is 23.3 Å². The van der Waals surface area contributed by atoms with Gasteiger partial charge in [0.2, 0.25) is 11.6 Å². The Bertz CT molecular complexity index is 787.